The molecule has 0 unspecified atom stereocenters. The molecule has 3 nitrogen and oxygen atoms in total. The lowest BCUT2D eigenvalue weighted by Crippen LogP contribution is -1.89. The second kappa shape index (κ2) is 2.79. The van der Waals surface area contributed by atoms with Gasteiger partial charge < -0.3 is 0 Å². The number of hydrogen-bond acceptors (Lipinski definition) is 3. The second-order valence-electron chi connectivity index (χ2n) is 2.52. The average molecular weight is 224 g/mol. The van der Waals surface area contributed by atoms with Crippen molar-refractivity contribution in [3.05, 3.63) is 28.6 Å². The molecule has 0 amide bonds. The predicted molar refractivity (Wildman–Crippen MR) is 49.8 cm³/mol. The lowest BCUT2D eigenvalue weighted by atomic mass is 10.2. The van der Waals surface area contributed by atoms with Gasteiger partial charge in [-0.15, -0.1) is 0 Å². The van der Waals surface area contributed by atoms with E-state index >= 15 is 0 Å². The van der Waals surface area contributed by atoms with Crippen LogP contribution in [0.4, 0.5) is 0 Å². The van der Waals surface area contributed by atoms with Crippen LogP contribution in [0.2, 0.25) is 0 Å². The summed E-state index contributed by atoms with van der Waals surface area (Å²) in [5.74, 6) is 0. The molecule has 0 bridgehead atoms. The number of pyridine rings is 1. The normalized spacial score (nSPS) is 10.5. The molecule has 12 heavy (non-hydrogen) atoms. The van der Waals surface area contributed by atoms with Crippen LogP contribution in [0.5, 0.6) is 0 Å². The zero-order chi connectivity index (χ0) is 8.55. The first-order chi connectivity index (χ1) is 5.77. The Labute approximate surface area is 78.0 Å². The topological polar surface area (TPSA) is 38.7 Å². The lowest BCUT2D eigenvalue weighted by Gasteiger charge is -1.97. The van der Waals surface area contributed by atoms with Gasteiger partial charge in [0.25, 0.3) is 0 Å². The number of aromatic nitrogens is 3. The van der Waals surface area contributed by atoms with E-state index in [2.05, 4.69) is 31.1 Å². The Kier molecular flexibility index (Phi) is 1.77. The first-order valence-electron chi connectivity index (χ1n) is 3.51. The summed E-state index contributed by atoms with van der Waals surface area (Å²) in [5, 5.41) is 8.76. The van der Waals surface area contributed by atoms with Crippen molar-refractivity contribution in [2.24, 2.45) is 0 Å². The number of halogens is 1. The van der Waals surface area contributed by atoms with Gasteiger partial charge in [0, 0.05) is 16.1 Å². The van der Waals surface area contributed by atoms with Gasteiger partial charge in [-0.3, -0.25) is 4.98 Å². The standard InChI is InChI=1S/C8H6BrN3/c1-5-8-6(3-11-12-5)2-7(9)4-10-8/h2-4H,1H3. The van der Waals surface area contributed by atoms with Crippen LogP contribution in [0.3, 0.4) is 0 Å². The molecule has 0 aromatic carbocycles. The number of aryl methyl sites for hydroxylation is 1. The minimum absolute atomic E-state index is 0.861. The number of nitrogens with zero attached hydrogens (tertiary/aromatic N) is 3. The van der Waals surface area contributed by atoms with Gasteiger partial charge in [0.05, 0.1) is 17.4 Å². The van der Waals surface area contributed by atoms with Crippen LogP contribution in [0.25, 0.3) is 10.9 Å². The highest BCUT2D eigenvalue weighted by Crippen LogP contribution is 2.16. The van der Waals surface area contributed by atoms with E-state index in [1.165, 1.54) is 0 Å². The average Bonchev–Trinajstić information content (AvgIpc) is 2.04. The first-order valence-corrected chi connectivity index (χ1v) is 4.30. The quantitative estimate of drug-likeness (QED) is 0.687. The fraction of sp³-hybridized carbons (Fsp3) is 0.125. The zero-order valence-electron chi connectivity index (χ0n) is 6.45. The molecule has 0 radical (unpaired) electrons. The van der Waals surface area contributed by atoms with Gasteiger partial charge in [-0.05, 0) is 28.9 Å². The molecule has 0 aliphatic heterocycles. The molecular weight excluding hydrogens is 218 g/mol. The van der Waals surface area contributed by atoms with Crippen LogP contribution in [0, 0.1) is 6.92 Å². The maximum absolute atomic E-state index is 4.23. The van der Waals surface area contributed by atoms with Crippen molar-refractivity contribution in [3.63, 3.8) is 0 Å². The molecule has 2 aromatic heterocycles. The summed E-state index contributed by atoms with van der Waals surface area (Å²) >= 11 is 3.35. The molecule has 2 rings (SSSR count). The summed E-state index contributed by atoms with van der Waals surface area (Å²) in [5.41, 5.74) is 1.77. The predicted octanol–water partition coefficient (Wildman–Crippen LogP) is 2.10. The van der Waals surface area contributed by atoms with E-state index in [4.69, 9.17) is 0 Å². The third kappa shape index (κ3) is 1.18. The molecule has 0 fully saturated rings. The summed E-state index contributed by atoms with van der Waals surface area (Å²) in [6.45, 7) is 1.90. The third-order valence-corrected chi connectivity index (χ3v) is 2.06. The van der Waals surface area contributed by atoms with Gasteiger partial charge in [0.1, 0.15) is 0 Å². The van der Waals surface area contributed by atoms with E-state index in [-0.39, 0.29) is 0 Å². The van der Waals surface area contributed by atoms with Gasteiger partial charge in [-0.2, -0.15) is 10.2 Å². The number of rotatable bonds is 0. The Morgan fingerprint density at radius 3 is 3.00 bits per heavy atom. The maximum atomic E-state index is 4.23. The highest BCUT2D eigenvalue weighted by atomic mass is 79.9. The molecule has 0 N–H and O–H groups in total. The van der Waals surface area contributed by atoms with E-state index in [9.17, 15) is 0 Å². The van der Waals surface area contributed by atoms with Crippen molar-refractivity contribution in [1.82, 2.24) is 15.2 Å². The zero-order valence-corrected chi connectivity index (χ0v) is 8.04. The van der Waals surface area contributed by atoms with Gasteiger partial charge in [-0.1, -0.05) is 0 Å². The summed E-state index contributed by atoms with van der Waals surface area (Å²) in [6.07, 6.45) is 3.47. The van der Waals surface area contributed by atoms with Crippen molar-refractivity contribution >= 4 is 26.8 Å². The molecule has 0 aliphatic carbocycles. The fourth-order valence-electron chi connectivity index (χ4n) is 1.08. The Morgan fingerprint density at radius 2 is 2.17 bits per heavy atom. The van der Waals surface area contributed by atoms with Crippen molar-refractivity contribution in [2.45, 2.75) is 6.92 Å². The summed E-state index contributed by atoms with van der Waals surface area (Å²) in [4.78, 5) is 4.23. The number of fused-ring (bicyclic) bond motifs is 1. The fourth-order valence-corrected chi connectivity index (χ4v) is 1.43. The van der Waals surface area contributed by atoms with Crippen molar-refractivity contribution < 1.29 is 0 Å². The lowest BCUT2D eigenvalue weighted by molar-refractivity contribution is 0.994. The Hall–Kier alpha value is -1.03. The largest absolute Gasteiger partial charge is 0.253 e. The second-order valence-corrected chi connectivity index (χ2v) is 3.44. The SMILES string of the molecule is Cc1nncc2cc(Br)cnc12. The van der Waals surface area contributed by atoms with Crippen LogP contribution >= 0.6 is 15.9 Å². The summed E-state index contributed by atoms with van der Waals surface area (Å²) in [7, 11) is 0. The summed E-state index contributed by atoms with van der Waals surface area (Å²) in [6, 6.07) is 1.98. The first kappa shape index (κ1) is 7.61. The molecule has 0 saturated heterocycles. The minimum Gasteiger partial charge on any atom is -0.253 e. The highest BCUT2D eigenvalue weighted by molar-refractivity contribution is 9.10. The Balaban J connectivity index is 2.86. The minimum atomic E-state index is 0.861. The van der Waals surface area contributed by atoms with Crippen LogP contribution in [-0.4, -0.2) is 15.2 Å². The van der Waals surface area contributed by atoms with Crippen LogP contribution in [-0.2, 0) is 0 Å². The van der Waals surface area contributed by atoms with E-state index in [0.717, 1.165) is 21.1 Å². The number of hydrogen-bond donors (Lipinski definition) is 0. The molecular formula is C8H6BrN3. The molecule has 2 aromatic rings. The van der Waals surface area contributed by atoms with Crippen LogP contribution in [0.15, 0.2) is 22.9 Å². The molecule has 2 heterocycles. The molecule has 0 aliphatic rings. The van der Waals surface area contributed by atoms with Crippen molar-refractivity contribution in [3.8, 4) is 0 Å². The Morgan fingerprint density at radius 1 is 1.33 bits per heavy atom. The van der Waals surface area contributed by atoms with Gasteiger partial charge >= 0.3 is 0 Å². The molecule has 0 atom stereocenters. The molecule has 0 spiro atoms. The summed E-state index contributed by atoms with van der Waals surface area (Å²) < 4.78 is 0.961. The van der Waals surface area contributed by atoms with Crippen LogP contribution < -0.4 is 0 Å². The van der Waals surface area contributed by atoms with Crippen molar-refractivity contribution in [1.29, 1.82) is 0 Å². The van der Waals surface area contributed by atoms with Crippen molar-refractivity contribution in [2.75, 3.05) is 0 Å². The highest BCUT2D eigenvalue weighted by Gasteiger charge is 1.99. The van der Waals surface area contributed by atoms with Gasteiger partial charge in [-0.25, -0.2) is 0 Å². The maximum Gasteiger partial charge on any atom is 0.0949 e. The molecule has 0 saturated carbocycles. The van der Waals surface area contributed by atoms with E-state index in [1.54, 1.807) is 12.4 Å². The van der Waals surface area contributed by atoms with E-state index in [0.29, 0.717) is 0 Å². The Bertz CT molecular complexity index is 428. The molecule has 60 valence electrons. The van der Waals surface area contributed by atoms with Gasteiger partial charge in [0.2, 0.25) is 0 Å². The third-order valence-electron chi connectivity index (χ3n) is 1.63. The van der Waals surface area contributed by atoms with E-state index < -0.39 is 0 Å². The van der Waals surface area contributed by atoms with E-state index in [1.807, 2.05) is 13.0 Å². The van der Waals surface area contributed by atoms with Gasteiger partial charge in [0.15, 0.2) is 0 Å². The monoisotopic (exact) mass is 223 g/mol. The molecule has 4 heteroatoms. The van der Waals surface area contributed by atoms with Crippen LogP contribution in [0.1, 0.15) is 5.69 Å². The smallest absolute Gasteiger partial charge is 0.0949 e.